The normalized spacial score (nSPS) is 30.7. The average molecular weight is 182 g/mol. The molecule has 2 heteroatoms. The maximum absolute atomic E-state index is 6.16. The van der Waals surface area contributed by atoms with E-state index in [2.05, 4.69) is 18.7 Å². The van der Waals surface area contributed by atoms with Crippen molar-refractivity contribution in [1.82, 2.24) is 4.90 Å². The van der Waals surface area contributed by atoms with Gasteiger partial charge in [0.15, 0.2) is 0 Å². The van der Waals surface area contributed by atoms with Crippen LogP contribution in [-0.2, 0) is 0 Å². The third-order valence-corrected chi connectivity index (χ3v) is 3.87. The van der Waals surface area contributed by atoms with Crippen LogP contribution in [0.4, 0.5) is 0 Å². The van der Waals surface area contributed by atoms with Gasteiger partial charge in [-0.05, 0) is 44.6 Å². The summed E-state index contributed by atoms with van der Waals surface area (Å²) < 4.78 is 0. The first-order valence-electron chi connectivity index (χ1n) is 5.57. The molecule has 2 fully saturated rings. The van der Waals surface area contributed by atoms with Crippen molar-refractivity contribution >= 4 is 0 Å². The smallest absolute Gasteiger partial charge is 0.0252 e. The van der Waals surface area contributed by atoms with Crippen molar-refractivity contribution in [3.05, 3.63) is 0 Å². The van der Waals surface area contributed by atoms with Gasteiger partial charge >= 0.3 is 0 Å². The van der Waals surface area contributed by atoms with E-state index in [1.54, 1.807) is 0 Å². The zero-order valence-electron chi connectivity index (χ0n) is 8.97. The lowest BCUT2D eigenvalue weighted by atomic mass is 10.00. The van der Waals surface area contributed by atoms with Gasteiger partial charge in [0, 0.05) is 18.6 Å². The highest BCUT2D eigenvalue weighted by molar-refractivity contribution is 5.01. The minimum Gasteiger partial charge on any atom is -0.324 e. The molecule has 0 bridgehead atoms. The van der Waals surface area contributed by atoms with Gasteiger partial charge in [0.2, 0.25) is 0 Å². The zero-order chi connectivity index (χ0) is 9.53. The Balaban J connectivity index is 1.83. The van der Waals surface area contributed by atoms with Gasteiger partial charge < -0.3 is 10.6 Å². The van der Waals surface area contributed by atoms with E-state index in [0.29, 0.717) is 0 Å². The number of hydrogen-bond donors (Lipinski definition) is 1. The van der Waals surface area contributed by atoms with Crippen molar-refractivity contribution in [2.24, 2.45) is 11.1 Å². The second-order valence-corrected chi connectivity index (χ2v) is 5.47. The van der Waals surface area contributed by atoms with E-state index in [4.69, 9.17) is 5.73 Å². The molecule has 13 heavy (non-hydrogen) atoms. The Morgan fingerprint density at radius 3 is 2.54 bits per heavy atom. The molecule has 1 saturated carbocycles. The molecule has 0 aromatic heterocycles. The number of likely N-dealkylation sites (tertiary alicyclic amines) is 1. The molecule has 1 aliphatic heterocycles. The molecule has 1 atom stereocenters. The topological polar surface area (TPSA) is 29.3 Å². The SMILES string of the molecule is CCC(C)(N)CN1CCC2(CC2)C1. The average Bonchev–Trinajstić information content (AvgIpc) is 2.69. The van der Waals surface area contributed by atoms with Gasteiger partial charge in [0.1, 0.15) is 0 Å². The molecule has 2 nitrogen and oxygen atoms in total. The van der Waals surface area contributed by atoms with Crippen LogP contribution in [-0.4, -0.2) is 30.1 Å². The fraction of sp³-hybridized carbons (Fsp3) is 1.00. The van der Waals surface area contributed by atoms with E-state index >= 15 is 0 Å². The van der Waals surface area contributed by atoms with Crippen LogP contribution in [0.25, 0.3) is 0 Å². The highest BCUT2D eigenvalue weighted by Gasteiger charge is 2.47. The van der Waals surface area contributed by atoms with Crippen molar-refractivity contribution in [3.63, 3.8) is 0 Å². The van der Waals surface area contributed by atoms with Gasteiger partial charge in [-0.25, -0.2) is 0 Å². The first-order chi connectivity index (χ1) is 6.05. The molecule has 1 heterocycles. The number of rotatable bonds is 3. The summed E-state index contributed by atoms with van der Waals surface area (Å²) in [5.41, 5.74) is 6.95. The van der Waals surface area contributed by atoms with Crippen molar-refractivity contribution < 1.29 is 0 Å². The molecule has 1 spiro atoms. The Morgan fingerprint density at radius 1 is 1.38 bits per heavy atom. The lowest BCUT2D eigenvalue weighted by Crippen LogP contribution is -2.46. The van der Waals surface area contributed by atoms with Crippen LogP contribution in [0.5, 0.6) is 0 Å². The van der Waals surface area contributed by atoms with Gasteiger partial charge in [-0.3, -0.25) is 0 Å². The lowest BCUT2D eigenvalue weighted by Gasteiger charge is -2.29. The molecule has 0 aromatic rings. The summed E-state index contributed by atoms with van der Waals surface area (Å²) in [7, 11) is 0. The third kappa shape index (κ3) is 2.05. The molecule has 0 radical (unpaired) electrons. The monoisotopic (exact) mass is 182 g/mol. The van der Waals surface area contributed by atoms with Crippen molar-refractivity contribution in [1.29, 1.82) is 0 Å². The Bertz CT molecular complexity index is 194. The van der Waals surface area contributed by atoms with E-state index in [9.17, 15) is 0 Å². The largest absolute Gasteiger partial charge is 0.324 e. The minimum atomic E-state index is 0.0282. The Labute approximate surface area is 81.5 Å². The fourth-order valence-corrected chi connectivity index (χ4v) is 2.37. The molecule has 2 aliphatic rings. The molecule has 1 aliphatic carbocycles. The van der Waals surface area contributed by atoms with Gasteiger partial charge in [-0.2, -0.15) is 0 Å². The zero-order valence-corrected chi connectivity index (χ0v) is 8.97. The van der Waals surface area contributed by atoms with E-state index in [1.807, 2.05) is 0 Å². The second kappa shape index (κ2) is 2.96. The van der Waals surface area contributed by atoms with Gasteiger partial charge in [0.05, 0.1) is 0 Å². The van der Waals surface area contributed by atoms with Crippen molar-refractivity contribution in [2.75, 3.05) is 19.6 Å². The molecule has 1 saturated heterocycles. The number of nitrogens with two attached hydrogens (primary N) is 1. The molecule has 1 unspecified atom stereocenters. The van der Waals surface area contributed by atoms with Crippen LogP contribution in [0.15, 0.2) is 0 Å². The summed E-state index contributed by atoms with van der Waals surface area (Å²) in [4.78, 5) is 2.57. The maximum atomic E-state index is 6.16. The maximum Gasteiger partial charge on any atom is 0.0252 e. The predicted molar refractivity (Wildman–Crippen MR) is 55.6 cm³/mol. The van der Waals surface area contributed by atoms with Gasteiger partial charge in [0.25, 0.3) is 0 Å². The van der Waals surface area contributed by atoms with Crippen molar-refractivity contribution in [3.8, 4) is 0 Å². The summed E-state index contributed by atoms with van der Waals surface area (Å²) in [5, 5.41) is 0. The van der Waals surface area contributed by atoms with Crippen LogP contribution in [0, 0.1) is 5.41 Å². The van der Waals surface area contributed by atoms with Crippen LogP contribution in [0.3, 0.4) is 0 Å². The quantitative estimate of drug-likeness (QED) is 0.718. The molecule has 2 N–H and O–H groups in total. The molecule has 2 rings (SSSR count). The highest BCUT2D eigenvalue weighted by Crippen LogP contribution is 2.52. The van der Waals surface area contributed by atoms with Crippen LogP contribution >= 0.6 is 0 Å². The molecular formula is C11H22N2. The first-order valence-corrected chi connectivity index (χ1v) is 5.57. The summed E-state index contributed by atoms with van der Waals surface area (Å²) in [5.74, 6) is 0. The molecule has 0 amide bonds. The Morgan fingerprint density at radius 2 is 2.08 bits per heavy atom. The standard InChI is InChI=1S/C11H22N2/c1-3-10(2,12)8-13-7-6-11(9-13)4-5-11/h3-9,12H2,1-2H3. The molecular weight excluding hydrogens is 160 g/mol. The molecule has 76 valence electrons. The van der Waals surface area contributed by atoms with E-state index in [0.717, 1.165) is 18.4 Å². The molecule has 0 aromatic carbocycles. The fourth-order valence-electron chi connectivity index (χ4n) is 2.37. The number of nitrogens with zero attached hydrogens (tertiary/aromatic N) is 1. The van der Waals surface area contributed by atoms with Crippen LogP contribution in [0.2, 0.25) is 0 Å². The number of hydrogen-bond acceptors (Lipinski definition) is 2. The summed E-state index contributed by atoms with van der Waals surface area (Å²) in [6, 6.07) is 0. The van der Waals surface area contributed by atoms with E-state index in [-0.39, 0.29) is 5.54 Å². The minimum absolute atomic E-state index is 0.0282. The van der Waals surface area contributed by atoms with Gasteiger partial charge in [-0.1, -0.05) is 6.92 Å². The summed E-state index contributed by atoms with van der Waals surface area (Å²) >= 11 is 0. The Kier molecular flexibility index (Phi) is 2.16. The summed E-state index contributed by atoms with van der Waals surface area (Å²) in [6.45, 7) is 8.05. The Hall–Kier alpha value is -0.0800. The predicted octanol–water partition coefficient (Wildman–Crippen LogP) is 1.60. The first kappa shape index (κ1) is 9.47. The summed E-state index contributed by atoms with van der Waals surface area (Å²) in [6.07, 6.45) is 5.44. The van der Waals surface area contributed by atoms with E-state index < -0.39 is 0 Å². The van der Waals surface area contributed by atoms with Gasteiger partial charge in [-0.15, -0.1) is 0 Å². The second-order valence-electron chi connectivity index (χ2n) is 5.47. The lowest BCUT2D eigenvalue weighted by molar-refractivity contribution is 0.244. The van der Waals surface area contributed by atoms with Crippen LogP contribution < -0.4 is 5.73 Å². The van der Waals surface area contributed by atoms with Crippen LogP contribution in [0.1, 0.15) is 39.5 Å². The van der Waals surface area contributed by atoms with E-state index in [1.165, 1.54) is 32.4 Å². The highest BCUT2D eigenvalue weighted by atomic mass is 15.2. The van der Waals surface area contributed by atoms with Crippen molar-refractivity contribution in [2.45, 2.75) is 45.1 Å². The third-order valence-electron chi connectivity index (χ3n) is 3.87.